The number of rotatable bonds is 9. The summed E-state index contributed by atoms with van der Waals surface area (Å²) in [6.45, 7) is 10.2. The molecule has 4 rings (SSSR count). The Morgan fingerprint density at radius 3 is 2.52 bits per heavy atom. The van der Waals surface area contributed by atoms with Gasteiger partial charge in [-0.25, -0.2) is 9.67 Å². The van der Waals surface area contributed by atoms with E-state index < -0.39 is 0 Å². The van der Waals surface area contributed by atoms with Crippen LogP contribution in [0.5, 0.6) is 0 Å². The van der Waals surface area contributed by atoms with Crippen molar-refractivity contribution in [2.75, 3.05) is 19.6 Å². The summed E-state index contributed by atoms with van der Waals surface area (Å²) in [5, 5.41) is 2.06. The van der Waals surface area contributed by atoms with Crippen molar-refractivity contribution in [2.24, 2.45) is 12.0 Å². The van der Waals surface area contributed by atoms with Gasteiger partial charge in [0.1, 0.15) is 0 Å². The van der Waals surface area contributed by atoms with Crippen molar-refractivity contribution < 1.29 is 4.42 Å². The van der Waals surface area contributed by atoms with Crippen LogP contribution in [0.4, 0.5) is 5.69 Å². The maximum absolute atomic E-state index is 13.4. The molecule has 33 heavy (non-hydrogen) atoms. The molecule has 174 valence electrons. The van der Waals surface area contributed by atoms with Crippen LogP contribution < -0.4 is 10.4 Å². The highest BCUT2D eigenvalue weighted by molar-refractivity contribution is 7.07. The molecule has 0 aliphatic rings. The van der Waals surface area contributed by atoms with Gasteiger partial charge in [-0.1, -0.05) is 32.0 Å². The molecule has 0 N–H and O–H groups in total. The molecule has 3 aromatic heterocycles. The molecule has 0 aliphatic carbocycles. The highest BCUT2D eigenvalue weighted by Gasteiger charge is 2.17. The third kappa shape index (κ3) is 4.67. The first-order valence-corrected chi connectivity index (χ1v) is 12.3. The second kappa shape index (κ2) is 10.2. The molecule has 0 unspecified atom stereocenters. The van der Waals surface area contributed by atoms with Gasteiger partial charge in [0.05, 0.1) is 23.3 Å². The quantitative estimate of drug-likeness (QED) is 0.364. The fraction of sp³-hybridized carbons (Fsp3) is 0.360. The van der Waals surface area contributed by atoms with Gasteiger partial charge in [0.15, 0.2) is 16.2 Å². The summed E-state index contributed by atoms with van der Waals surface area (Å²) in [5.41, 5.74) is 2.98. The zero-order valence-electron chi connectivity index (χ0n) is 19.7. The Morgan fingerprint density at radius 2 is 1.85 bits per heavy atom. The maximum atomic E-state index is 13.4. The molecule has 0 saturated carbocycles. The lowest BCUT2D eigenvalue weighted by molar-refractivity contribution is 0.293. The van der Waals surface area contributed by atoms with Gasteiger partial charge in [0, 0.05) is 19.0 Å². The minimum Gasteiger partial charge on any atom is -0.463 e. The number of benzene rings is 1. The SMILES string of the molecule is CCN(CC)CCCn1c(-c2ccco2)csc1=Nc1c(C)n(C)n(-c2ccccc2)c1=O. The first-order valence-electron chi connectivity index (χ1n) is 11.4. The monoisotopic (exact) mass is 465 g/mol. The zero-order chi connectivity index (χ0) is 23.4. The normalized spacial score (nSPS) is 12.2. The standard InChI is InChI=1S/C25H31N5O2S/c1-5-28(6-2)15-11-16-29-21(22-14-10-17-32-22)18-33-25(29)26-23-19(3)27(4)30(24(23)31)20-12-8-7-9-13-20/h7-10,12-14,17-18H,5-6,11,15-16H2,1-4H3. The summed E-state index contributed by atoms with van der Waals surface area (Å²) in [6, 6.07) is 13.5. The van der Waals surface area contributed by atoms with Crippen molar-refractivity contribution >= 4 is 17.0 Å². The maximum Gasteiger partial charge on any atom is 0.297 e. The fourth-order valence-electron chi connectivity index (χ4n) is 4.03. The average Bonchev–Trinajstić information content (AvgIpc) is 3.54. The van der Waals surface area contributed by atoms with E-state index in [0.717, 1.165) is 60.2 Å². The molecule has 0 radical (unpaired) electrons. The van der Waals surface area contributed by atoms with Crippen LogP contribution in [-0.4, -0.2) is 38.5 Å². The largest absolute Gasteiger partial charge is 0.463 e. The molecule has 3 heterocycles. The lowest BCUT2D eigenvalue weighted by Crippen LogP contribution is -2.26. The molecule has 8 heteroatoms. The lowest BCUT2D eigenvalue weighted by Gasteiger charge is -2.18. The minimum absolute atomic E-state index is 0.121. The summed E-state index contributed by atoms with van der Waals surface area (Å²) in [7, 11) is 1.89. The summed E-state index contributed by atoms with van der Waals surface area (Å²) in [5.74, 6) is 0.807. The van der Waals surface area contributed by atoms with E-state index in [1.807, 2.05) is 61.1 Å². The first kappa shape index (κ1) is 23.1. The van der Waals surface area contributed by atoms with Crippen LogP contribution in [0, 0.1) is 6.92 Å². The number of hydrogen-bond donors (Lipinski definition) is 0. The lowest BCUT2D eigenvalue weighted by atomic mass is 10.3. The molecule has 7 nitrogen and oxygen atoms in total. The Bertz CT molecular complexity index is 1310. The molecule has 4 aromatic rings. The Labute approximate surface area is 197 Å². The van der Waals surface area contributed by atoms with Gasteiger partial charge in [0.2, 0.25) is 0 Å². The third-order valence-corrected chi connectivity index (χ3v) is 6.92. The van der Waals surface area contributed by atoms with Gasteiger partial charge >= 0.3 is 0 Å². The summed E-state index contributed by atoms with van der Waals surface area (Å²) in [6.07, 6.45) is 2.67. The van der Waals surface area contributed by atoms with E-state index >= 15 is 0 Å². The molecule has 1 aromatic carbocycles. The minimum atomic E-state index is -0.121. The number of furan rings is 1. The molecule has 0 fully saturated rings. The summed E-state index contributed by atoms with van der Waals surface area (Å²) >= 11 is 1.53. The molecular weight excluding hydrogens is 434 g/mol. The molecule has 0 amide bonds. The van der Waals surface area contributed by atoms with Crippen molar-refractivity contribution in [3.05, 3.63) is 75.0 Å². The van der Waals surface area contributed by atoms with Gasteiger partial charge in [0.25, 0.3) is 5.56 Å². The van der Waals surface area contributed by atoms with Crippen molar-refractivity contribution in [3.63, 3.8) is 0 Å². The van der Waals surface area contributed by atoms with Crippen LogP contribution in [0.25, 0.3) is 17.1 Å². The van der Waals surface area contributed by atoms with Gasteiger partial charge in [-0.3, -0.25) is 9.48 Å². The van der Waals surface area contributed by atoms with Crippen LogP contribution >= 0.6 is 11.3 Å². The van der Waals surface area contributed by atoms with E-state index in [2.05, 4.69) is 28.7 Å². The Hall–Kier alpha value is -3.10. The Kier molecular flexibility index (Phi) is 7.15. The molecule has 0 atom stereocenters. The number of hydrogen-bond acceptors (Lipinski definition) is 5. The van der Waals surface area contributed by atoms with Crippen molar-refractivity contribution in [2.45, 2.75) is 33.7 Å². The smallest absolute Gasteiger partial charge is 0.297 e. The van der Waals surface area contributed by atoms with Crippen LogP contribution in [-0.2, 0) is 13.6 Å². The second-order valence-electron chi connectivity index (χ2n) is 7.93. The zero-order valence-corrected chi connectivity index (χ0v) is 20.5. The van der Waals surface area contributed by atoms with Crippen LogP contribution in [0.15, 0.2) is 68.3 Å². The van der Waals surface area contributed by atoms with Crippen molar-refractivity contribution in [1.82, 2.24) is 18.8 Å². The van der Waals surface area contributed by atoms with Crippen molar-refractivity contribution in [1.29, 1.82) is 0 Å². The van der Waals surface area contributed by atoms with E-state index in [1.165, 1.54) is 11.3 Å². The van der Waals surface area contributed by atoms with E-state index in [4.69, 9.17) is 9.41 Å². The van der Waals surface area contributed by atoms with Crippen LogP contribution in [0.3, 0.4) is 0 Å². The Balaban J connectivity index is 1.78. The van der Waals surface area contributed by atoms with E-state index in [0.29, 0.717) is 5.69 Å². The van der Waals surface area contributed by atoms with Gasteiger partial charge in [-0.05, 0) is 57.2 Å². The highest BCUT2D eigenvalue weighted by Crippen LogP contribution is 2.22. The topological polar surface area (TPSA) is 60.6 Å². The second-order valence-corrected chi connectivity index (χ2v) is 8.77. The van der Waals surface area contributed by atoms with Gasteiger partial charge in [-0.15, -0.1) is 11.3 Å². The van der Waals surface area contributed by atoms with Crippen LogP contribution in [0.2, 0.25) is 0 Å². The van der Waals surface area contributed by atoms with Gasteiger partial charge in [-0.2, -0.15) is 0 Å². The van der Waals surface area contributed by atoms with Gasteiger partial charge < -0.3 is 13.9 Å². The van der Waals surface area contributed by atoms with E-state index in [9.17, 15) is 4.79 Å². The number of aromatic nitrogens is 3. The fourth-order valence-corrected chi connectivity index (χ4v) is 4.95. The first-order chi connectivity index (χ1) is 16.0. The molecular formula is C25H31N5O2S. The van der Waals surface area contributed by atoms with Crippen LogP contribution in [0.1, 0.15) is 26.0 Å². The predicted molar refractivity (Wildman–Crippen MR) is 133 cm³/mol. The number of thiazole rings is 1. The van der Waals surface area contributed by atoms with E-state index in [-0.39, 0.29) is 5.56 Å². The number of nitrogens with zero attached hydrogens (tertiary/aromatic N) is 5. The Morgan fingerprint density at radius 1 is 1.09 bits per heavy atom. The third-order valence-electron chi connectivity index (χ3n) is 6.05. The van der Waals surface area contributed by atoms with E-state index in [1.54, 1.807) is 10.9 Å². The molecule has 0 spiro atoms. The number of para-hydroxylation sites is 1. The summed E-state index contributed by atoms with van der Waals surface area (Å²) in [4.78, 5) is 21.5. The predicted octanol–water partition coefficient (Wildman–Crippen LogP) is 4.57. The average molecular weight is 466 g/mol. The molecule has 0 bridgehead atoms. The molecule has 0 aliphatic heterocycles. The highest BCUT2D eigenvalue weighted by atomic mass is 32.1. The van der Waals surface area contributed by atoms with Crippen molar-refractivity contribution in [3.8, 4) is 17.1 Å². The molecule has 0 saturated heterocycles. The summed E-state index contributed by atoms with van der Waals surface area (Å²) < 4.78 is 11.4.